The Labute approximate surface area is 115 Å². The van der Waals surface area contributed by atoms with Crippen LogP contribution in [0.4, 0.5) is 0 Å². The highest BCUT2D eigenvalue weighted by Crippen LogP contribution is 2.59. The Balaban J connectivity index is 1.69. The van der Waals surface area contributed by atoms with Crippen LogP contribution in [0.2, 0.25) is 5.02 Å². The fourth-order valence-corrected chi connectivity index (χ4v) is 4.19. The SMILES string of the molecule is CCNC(Cc1ccccc1Cl)C1C2CCCC21. The number of likely N-dealkylation sites (N-methyl/N-ethyl adjacent to an activating group) is 1. The van der Waals surface area contributed by atoms with Crippen LogP contribution < -0.4 is 5.32 Å². The Morgan fingerprint density at radius 2 is 2.00 bits per heavy atom. The summed E-state index contributed by atoms with van der Waals surface area (Å²) in [4.78, 5) is 0. The van der Waals surface area contributed by atoms with Crippen molar-refractivity contribution in [1.29, 1.82) is 0 Å². The van der Waals surface area contributed by atoms with E-state index in [0.717, 1.165) is 35.7 Å². The topological polar surface area (TPSA) is 12.0 Å². The van der Waals surface area contributed by atoms with E-state index in [2.05, 4.69) is 24.4 Å². The summed E-state index contributed by atoms with van der Waals surface area (Å²) in [6.07, 6.45) is 5.46. The minimum Gasteiger partial charge on any atom is -0.314 e. The van der Waals surface area contributed by atoms with Gasteiger partial charge in [-0.3, -0.25) is 0 Å². The van der Waals surface area contributed by atoms with Gasteiger partial charge in [-0.2, -0.15) is 0 Å². The number of hydrogen-bond donors (Lipinski definition) is 1. The van der Waals surface area contributed by atoms with Gasteiger partial charge in [-0.15, -0.1) is 0 Å². The summed E-state index contributed by atoms with van der Waals surface area (Å²) in [7, 11) is 0. The molecule has 1 N–H and O–H groups in total. The van der Waals surface area contributed by atoms with Crippen LogP contribution in [0.15, 0.2) is 24.3 Å². The van der Waals surface area contributed by atoms with Crippen LogP contribution >= 0.6 is 11.6 Å². The first kappa shape index (κ1) is 12.5. The van der Waals surface area contributed by atoms with E-state index in [0.29, 0.717) is 6.04 Å². The van der Waals surface area contributed by atoms with E-state index in [1.165, 1.54) is 24.8 Å². The largest absolute Gasteiger partial charge is 0.314 e. The second-order valence-corrected chi connectivity index (χ2v) is 6.20. The highest BCUT2D eigenvalue weighted by molar-refractivity contribution is 6.31. The number of halogens is 1. The number of fused-ring (bicyclic) bond motifs is 1. The van der Waals surface area contributed by atoms with Crippen LogP contribution in [0.1, 0.15) is 31.7 Å². The molecule has 98 valence electrons. The first-order valence-corrected chi connectivity index (χ1v) is 7.66. The lowest BCUT2D eigenvalue weighted by molar-refractivity contribution is 0.411. The average molecular weight is 264 g/mol. The summed E-state index contributed by atoms with van der Waals surface area (Å²) in [5, 5.41) is 4.61. The fraction of sp³-hybridized carbons (Fsp3) is 0.625. The van der Waals surface area contributed by atoms with E-state index < -0.39 is 0 Å². The molecule has 0 amide bonds. The second kappa shape index (κ2) is 5.22. The second-order valence-electron chi connectivity index (χ2n) is 5.80. The van der Waals surface area contributed by atoms with E-state index in [9.17, 15) is 0 Å². The Bertz CT molecular complexity index is 407. The van der Waals surface area contributed by atoms with Crippen molar-refractivity contribution in [2.75, 3.05) is 6.54 Å². The number of hydrogen-bond acceptors (Lipinski definition) is 1. The summed E-state index contributed by atoms with van der Waals surface area (Å²) < 4.78 is 0. The molecule has 0 bridgehead atoms. The molecule has 0 aromatic heterocycles. The van der Waals surface area contributed by atoms with Gasteiger partial charge < -0.3 is 5.32 Å². The van der Waals surface area contributed by atoms with Gasteiger partial charge in [-0.05, 0) is 55.2 Å². The zero-order valence-corrected chi connectivity index (χ0v) is 11.8. The van der Waals surface area contributed by atoms with E-state index in [-0.39, 0.29) is 0 Å². The zero-order chi connectivity index (χ0) is 12.5. The molecule has 18 heavy (non-hydrogen) atoms. The van der Waals surface area contributed by atoms with Crippen molar-refractivity contribution in [2.45, 2.75) is 38.6 Å². The van der Waals surface area contributed by atoms with Crippen molar-refractivity contribution in [2.24, 2.45) is 17.8 Å². The van der Waals surface area contributed by atoms with Gasteiger partial charge in [-0.1, -0.05) is 43.1 Å². The highest BCUT2D eigenvalue weighted by Gasteiger charge is 2.55. The molecule has 2 heteroatoms. The van der Waals surface area contributed by atoms with Gasteiger partial charge in [0.25, 0.3) is 0 Å². The third-order valence-corrected chi connectivity index (χ3v) is 5.17. The predicted molar refractivity (Wildman–Crippen MR) is 76.9 cm³/mol. The van der Waals surface area contributed by atoms with Crippen LogP contribution in [0.5, 0.6) is 0 Å². The lowest BCUT2D eigenvalue weighted by Crippen LogP contribution is -2.34. The molecule has 2 aliphatic rings. The first-order chi connectivity index (χ1) is 8.81. The van der Waals surface area contributed by atoms with Gasteiger partial charge in [0.1, 0.15) is 0 Å². The molecule has 1 aromatic carbocycles. The van der Waals surface area contributed by atoms with Crippen molar-refractivity contribution < 1.29 is 0 Å². The summed E-state index contributed by atoms with van der Waals surface area (Å²) in [5.41, 5.74) is 1.30. The van der Waals surface area contributed by atoms with E-state index in [1.54, 1.807) is 0 Å². The van der Waals surface area contributed by atoms with Crippen LogP contribution in [0.3, 0.4) is 0 Å². The Morgan fingerprint density at radius 1 is 1.28 bits per heavy atom. The molecule has 0 saturated heterocycles. The summed E-state index contributed by atoms with van der Waals surface area (Å²) in [5.74, 6) is 2.93. The van der Waals surface area contributed by atoms with Gasteiger partial charge in [0.2, 0.25) is 0 Å². The van der Waals surface area contributed by atoms with Crippen LogP contribution in [-0.4, -0.2) is 12.6 Å². The van der Waals surface area contributed by atoms with Crippen molar-refractivity contribution in [3.63, 3.8) is 0 Å². The molecule has 0 aliphatic heterocycles. The lowest BCUT2D eigenvalue weighted by atomic mass is 9.97. The summed E-state index contributed by atoms with van der Waals surface area (Å²) >= 11 is 6.29. The average Bonchev–Trinajstić information content (AvgIpc) is 2.84. The molecular formula is C16H22ClN. The van der Waals surface area contributed by atoms with Gasteiger partial charge >= 0.3 is 0 Å². The van der Waals surface area contributed by atoms with Crippen molar-refractivity contribution in [3.05, 3.63) is 34.9 Å². The molecule has 0 spiro atoms. The predicted octanol–water partition coefficient (Wildman–Crippen LogP) is 3.91. The molecule has 2 aliphatic carbocycles. The van der Waals surface area contributed by atoms with Gasteiger partial charge in [-0.25, -0.2) is 0 Å². The fourth-order valence-electron chi connectivity index (χ4n) is 3.98. The van der Waals surface area contributed by atoms with E-state index in [1.807, 2.05) is 12.1 Å². The van der Waals surface area contributed by atoms with Crippen LogP contribution in [-0.2, 0) is 6.42 Å². The maximum Gasteiger partial charge on any atom is 0.0438 e. The molecule has 3 atom stereocenters. The molecular weight excluding hydrogens is 242 g/mol. The Hall–Kier alpha value is -0.530. The van der Waals surface area contributed by atoms with E-state index in [4.69, 9.17) is 11.6 Å². The molecule has 0 heterocycles. The van der Waals surface area contributed by atoms with Gasteiger partial charge in [0.15, 0.2) is 0 Å². The highest BCUT2D eigenvalue weighted by atomic mass is 35.5. The molecule has 2 saturated carbocycles. The third kappa shape index (κ3) is 2.31. The normalized spacial score (nSPS) is 31.1. The number of benzene rings is 1. The molecule has 1 aromatic rings. The van der Waals surface area contributed by atoms with Gasteiger partial charge in [0.05, 0.1) is 0 Å². The third-order valence-electron chi connectivity index (χ3n) is 4.80. The minimum absolute atomic E-state index is 0.630. The molecule has 1 nitrogen and oxygen atoms in total. The maximum absolute atomic E-state index is 6.29. The Kier molecular flexibility index (Phi) is 3.63. The molecule has 3 rings (SSSR count). The lowest BCUT2D eigenvalue weighted by Gasteiger charge is -2.20. The number of nitrogens with one attached hydrogen (secondary N) is 1. The van der Waals surface area contributed by atoms with E-state index >= 15 is 0 Å². The quantitative estimate of drug-likeness (QED) is 0.849. The van der Waals surface area contributed by atoms with Gasteiger partial charge in [0, 0.05) is 11.1 Å². The first-order valence-electron chi connectivity index (χ1n) is 7.28. The molecule has 3 unspecified atom stereocenters. The smallest absolute Gasteiger partial charge is 0.0438 e. The molecule has 2 fully saturated rings. The number of rotatable bonds is 5. The summed E-state index contributed by atoms with van der Waals surface area (Å²) in [6, 6.07) is 8.92. The molecule has 0 radical (unpaired) electrons. The minimum atomic E-state index is 0.630. The zero-order valence-electron chi connectivity index (χ0n) is 11.0. The van der Waals surface area contributed by atoms with Crippen LogP contribution in [0, 0.1) is 17.8 Å². The van der Waals surface area contributed by atoms with Crippen molar-refractivity contribution in [1.82, 2.24) is 5.32 Å². The van der Waals surface area contributed by atoms with Crippen molar-refractivity contribution >= 4 is 11.6 Å². The van der Waals surface area contributed by atoms with Crippen LogP contribution in [0.25, 0.3) is 0 Å². The Morgan fingerprint density at radius 3 is 2.67 bits per heavy atom. The standard InChI is InChI=1S/C16H22ClN/c1-2-18-15(16-12-7-5-8-13(12)16)10-11-6-3-4-9-14(11)17/h3-4,6,9,12-13,15-16,18H,2,5,7-8,10H2,1H3. The summed E-state index contributed by atoms with van der Waals surface area (Å²) in [6.45, 7) is 3.27. The maximum atomic E-state index is 6.29. The van der Waals surface area contributed by atoms with Crippen molar-refractivity contribution in [3.8, 4) is 0 Å². The monoisotopic (exact) mass is 263 g/mol.